The number of benzene rings is 2. The van der Waals surface area contributed by atoms with E-state index in [2.05, 4.69) is 10.5 Å². The van der Waals surface area contributed by atoms with E-state index in [9.17, 15) is 19.1 Å². The van der Waals surface area contributed by atoms with E-state index in [1.807, 2.05) is 0 Å². The van der Waals surface area contributed by atoms with Crippen molar-refractivity contribution in [3.63, 3.8) is 0 Å². The number of carbonyl (C=O) groups excluding carboxylic acids is 1. The highest BCUT2D eigenvalue weighted by atomic mass is 35.5. The van der Waals surface area contributed by atoms with Gasteiger partial charge in [0.15, 0.2) is 11.5 Å². The van der Waals surface area contributed by atoms with Crippen molar-refractivity contribution in [2.45, 2.75) is 31.5 Å². The molecule has 0 fully saturated rings. The van der Waals surface area contributed by atoms with Gasteiger partial charge in [0.1, 0.15) is 18.0 Å². The fourth-order valence-corrected chi connectivity index (χ4v) is 4.06. The molecule has 0 aliphatic carbocycles. The van der Waals surface area contributed by atoms with Crippen LogP contribution in [0.15, 0.2) is 47.0 Å². The first-order chi connectivity index (χ1) is 16.0. The lowest BCUT2D eigenvalue weighted by molar-refractivity contribution is -0.144. The first-order valence-corrected chi connectivity index (χ1v) is 10.8. The van der Waals surface area contributed by atoms with Crippen molar-refractivity contribution in [2.75, 3.05) is 7.11 Å². The molecule has 3 aromatic rings. The van der Waals surface area contributed by atoms with Crippen LogP contribution in [-0.2, 0) is 21.7 Å². The van der Waals surface area contributed by atoms with E-state index in [0.717, 1.165) is 0 Å². The molecule has 0 bridgehead atoms. The Morgan fingerprint density at radius 2 is 2.00 bits per heavy atom. The number of hydrogen-bond donors (Lipinski definition) is 3. The maximum atomic E-state index is 14.2. The summed E-state index contributed by atoms with van der Waals surface area (Å²) in [7, 11) is 1.47. The molecule has 3 rings (SSSR count). The van der Waals surface area contributed by atoms with Gasteiger partial charge in [-0.25, -0.2) is 9.18 Å². The molecule has 2 atom stereocenters. The van der Waals surface area contributed by atoms with E-state index in [0.29, 0.717) is 16.3 Å². The third-order valence-electron chi connectivity index (χ3n) is 5.15. The van der Waals surface area contributed by atoms with E-state index in [-0.39, 0.29) is 34.9 Å². The van der Waals surface area contributed by atoms with Crippen molar-refractivity contribution in [1.29, 1.82) is 0 Å². The van der Waals surface area contributed by atoms with Crippen LogP contribution in [0, 0.1) is 5.82 Å². The summed E-state index contributed by atoms with van der Waals surface area (Å²) in [6, 6.07) is 9.17. The summed E-state index contributed by atoms with van der Waals surface area (Å²) in [6.07, 6.45) is -0.193. The number of aliphatic carboxylic acids is 1. The van der Waals surface area contributed by atoms with Crippen molar-refractivity contribution in [3.8, 4) is 11.1 Å². The molecule has 0 aliphatic heterocycles. The summed E-state index contributed by atoms with van der Waals surface area (Å²) >= 11 is 12.4. The van der Waals surface area contributed by atoms with Gasteiger partial charge in [0.25, 0.3) is 5.91 Å². The fraction of sp³-hybridized carbons (Fsp3) is 0.261. The predicted molar refractivity (Wildman–Crippen MR) is 124 cm³/mol. The van der Waals surface area contributed by atoms with Crippen LogP contribution in [0.4, 0.5) is 4.39 Å². The number of rotatable bonds is 9. The number of nitrogens with one attached hydrogen (secondary N) is 1. The van der Waals surface area contributed by atoms with Crippen LogP contribution in [0.2, 0.25) is 10.0 Å². The van der Waals surface area contributed by atoms with Crippen LogP contribution in [0.25, 0.3) is 11.1 Å². The second-order valence-corrected chi connectivity index (χ2v) is 8.63. The third kappa shape index (κ3) is 5.56. The van der Waals surface area contributed by atoms with Gasteiger partial charge in [0, 0.05) is 46.8 Å². The molecule has 11 heteroatoms. The zero-order valence-electron chi connectivity index (χ0n) is 18.3. The van der Waals surface area contributed by atoms with Gasteiger partial charge in [-0.05, 0) is 36.8 Å². The maximum absolute atomic E-state index is 14.2. The Hall–Kier alpha value is -2.98. The van der Waals surface area contributed by atoms with Crippen LogP contribution in [0.1, 0.15) is 35.2 Å². The molecule has 1 heterocycles. The van der Waals surface area contributed by atoms with Crippen LogP contribution in [0.5, 0.6) is 0 Å². The lowest BCUT2D eigenvalue weighted by atomic mass is 9.84. The van der Waals surface area contributed by atoms with Gasteiger partial charge in [-0.2, -0.15) is 0 Å². The molecule has 2 aromatic carbocycles. The summed E-state index contributed by atoms with van der Waals surface area (Å²) in [5, 5.41) is 16.6. The minimum absolute atomic E-state index is 0.0165. The maximum Gasteiger partial charge on any atom is 0.328 e. The van der Waals surface area contributed by atoms with Crippen molar-refractivity contribution in [1.82, 2.24) is 10.5 Å². The Morgan fingerprint density at radius 3 is 2.65 bits per heavy atom. The Labute approximate surface area is 204 Å². The molecule has 0 spiro atoms. The summed E-state index contributed by atoms with van der Waals surface area (Å²) in [5.41, 5.74) is 5.08. The molecular formula is C23H22Cl2FN3O5. The topological polar surface area (TPSA) is 128 Å². The largest absolute Gasteiger partial charge is 0.480 e. The molecule has 34 heavy (non-hydrogen) atoms. The van der Waals surface area contributed by atoms with Gasteiger partial charge in [-0.3, -0.25) is 4.79 Å². The molecule has 1 amide bonds. The van der Waals surface area contributed by atoms with Gasteiger partial charge in [-0.1, -0.05) is 40.5 Å². The van der Waals surface area contributed by atoms with Gasteiger partial charge in [0.2, 0.25) is 0 Å². The number of halogens is 3. The third-order valence-corrected chi connectivity index (χ3v) is 5.70. The number of nitrogens with zero attached hydrogens (tertiary/aromatic N) is 1. The number of ether oxygens (including phenoxy) is 1. The van der Waals surface area contributed by atoms with Crippen LogP contribution >= 0.6 is 23.2 Å². The number of carboxylic acid groups (broad SMARTS) is 1. The molecule has 0 unspecified atom stereocenters. The summed E-state index contributed by atoms with van der Waals surface area (Å²) in [4.78, 5) is 24.6. The Kier molecular flexibility index (Phi) is 7.93. The normalized spacial score (nSPS) is 13.8. The molecule has 4 N–H and O–H groups in total. The standard InChI is InChI=1S/C23H22Cl2FN3O5/c1-12(28-21(30)20-9-15(11-33-2)34-29-20)10-23(27,22(31)32)17-5-3-13(7-18(17)25)16-8-14(24)4-6-19(16)26/h3-9,12H,10-11,27H2,1-2H3,(H,28,30)(H,31,32)/t12-,23-/m1/s1. The van der Waals surface area contributed by atoms with Crippen LogP contribution in [0.3, 0.4) is 0 Å². The van der Waals surface area contributed by atoms with Crippen molar-refractivity contribution >= 4 is 35.1 Å². The highest BCUT2D eigenvalue weighted by molar-refractivity contribution is 6.32. The first kappa shape index (κ1) is 25.6. The lowest BCUT2D eigenvalue weighted by Gasteiger charge is -2.29. The molecular weight excluding hydrogens is 488 g/mol. The zero-order chi connectivity index (χ0) is 25.0. The summed E-state index contributed by atoms with van der Waals surface area (Å²) in [6.45, 7) is 1.75. The van der Waals surface area contributed by atoms with Crippen LogP contribution in [-0.4, -0.2) is 35.3 Å². The van der Waals surface area contributed by atoms with Gasteiger partial charge >= 0.3 is 5.97 Å². The Bertz CT molecular complexity index is 1220. The Morgan fingerprint density at radius 1 is 1.26 bits per heavy atom. The number of hydrogen-bond acceptors (Lipinski definition) is 6. The predicted octanol–water partition coefficient (Wildman–Crippen LogP) is 4.38. The molecule has 0 saturated carbocycles. The van der Waals surface area contributed by atoms with Gasteiger partial charge in [-0.15, -0.1) is 0 Å². The quantitative estimate of drug-likeness (QED) is 0.390. The van der Waals surface area contributed by atoms with E-state index in [1.165, 1.54) is 49.6 Å². The Balaban J connectivity index is 1.82. The number of methoxy groups -OCH3 is 1. The SMILES string of the molecule is COCc1cc(C(=O)N[C@H](C)C[C@](N)(C(=O)O)c2ccc(-c3cc(Cl)ccc3F)cc2Cl)no1. The molecule has 1 aromatic heterocycles. The van der Waals surface area contributed by atoms with Crippen molar-refractivity contribution < 1.29 is 28.3 Å². The average molecular weight is 510 g/mol. The number of carbonyl (C=O) groups is 2. The van der Waals surface area contributed by atoms with Crippen molar-refractivity contribution in [3.05, 3.63) is 75.3 Å². The van der Waals surface area contributed by atoms with E-state index in [4.69, 9.17) is 38.2 Å². The fourth-order valence-electron chi connectivity index (χ4n) is 3.54. The van der Waals surface area contributed by atoms with Crippen molar-refractivity contribution in [2.24, 2.45) is 5.73 Å². The lowest BCUT2D eigenvalue weighted by Crippen LogP contribution is -2.50. The molecule has 0 radical (unpaired) electrons. The second kappa shape index (κ2) is 10.5. The second-order valence-electron chi connectivity index (χ2n) is 7.79. The summed E-state index contributed by atoms with van der Waals surface area (Å²) in [5.74, 6) is -2.06. The number of nitrogens with two attached hydrogens (primary N) is 1. The zero-order valence-corrected chi connectivity index (χ0v) is 19.8. The molecule has 0 aliphatic rings. The number of amides is 1. The summed E-state index contributed by atoms with van der Waals surface area (Å²) < 4.78 is 24.2. The monoisotopic (exact) mass is 509 g/mol. The number of aromatic nitrogens is 1. The van der Waals surface area contributed by atoms with E-state index in [1.54, 1.807) is 6.92 Å². The van der Waals surface area contributed by atoms with Gasteiger partial charge in [0.05, 0.1) is 0 Å². The van der Waals surface area contributed by atoms with Crippen LogP contribution < -0.4 is 11.1 Å². The molecule has 0 saturated heterocycles. The molecule has 8 nitrogen and oxygen atoms in total. The minimum atomic E-state index is -1.94. The number of carboxylic acids is 1. The molecule has 180 valence electrons. The smallest absolute Gasteiger partial charge is 0.328 e. The highest BCUT2D eigenvalue weighted by Crippen LogP contribution is 2.35. The van der Waals surface area contributed by atoms with E-state index < -0.39 is 29.3 Å². The minimum Gasteiger partial charge on any atom is -0.480 e. The van der Waals surface area contributed by atoms with E-state index >= 15 is 0 Å². The highest BCUT2D eigenvalue weighted by Gasteiger charge is 2.39. The van der Waals surface area contributed by atoms with Gasteiger partial charge < -0.3 is 25.4 Å². The average Bonchev–Trinajstić information content (AvgIpc) is 3.24. The first-order valence-electron chi connectivity index (χ1n) is 10.1.